The highest BCUT2D eigenvalue weighted by molar-refractivity contribution is 4.69. The van der Waals surface area contributed by atoms with Gasteiger partial charge < -0.3 is 5.11 Å². The van der Waals surface area contributed by atoms with Crippen LogP contribution in [0, 0.1) is 0 Å². The van der Waals surface area contributed by atoms with Gasteiger partial charge in [0.25, 0.3) is 0 Å². The molecule has 0 amide bonds. The zero-order valence-corrected chi connectivity index (χ0v) is 6.78. The first-order chi connectivity index (χ1) is 4.12. The van der Waals surface area contributed by atoms with Gasteiger partial charge in [-0.15, -0.1) is 0 Å². The standard InChI is InChI=1S/C8H18O.2CH4/c1-4-6-8(3,9)7-5-2;;/h9H,4-7H2,1-3H3;2*1H4. The SMILES string of the molecule is C.C.CCCC(C)(O)CCC. The summed E-state index contributed by atoms with van der Waals surface area (Å²) in [5.74, 6) is 0. The zero-order valence-electron chi connectivity index (χ0n) is 6.78. The third kappa shape index (κ3) is 9.96. The molecule has 0 radical (unpaired) electrons. The predicted octanol–water partition coefficient (Wildman–Crippen LogP) is 3.61. The number of hydrogen-bond acceptors (Lipinski definition) is 1. The molecule has 0 aromatic rings. The average Bonchev–Trinajstić information content (AvgIpc) is 1.64. The monoisotopic (exact) mass is 162 g/mol. The van der Waals surface area contributed by atoms with Crippen molar-refractivity contribution in [2.24, 2.45) is 0 Å². The van der Waals surface area contributed by atoms with E-state index >= 15 is 0 Å². The van der Waals surface area contributed by atoms with Crippen LogP contribution in [0.3, 0.4) is 0 Å². The molecule has 0 heterocycles. The maximum Gasteiger partial charge on any atom is 0.0619 e. The minimum Gasteiger partial charge on any atom is -0.390 e. The molecule has 0 atom stereocenters. The van der Waals surface area contributed by atoms with Gasteiger partial charge in [0.15, 0.2) is 0 Å². The van der Waals surface area contributed by atoms with E-state index in [0.29, 0.717) is 0 Å². The van der Waals surface area contributed by atoms with Crippen molar-refractivity contribution in [1.29, 1.82) is 0 Å². The Kier molecular flexibility index (Phi) is 12.6. The molecule has 72 valence electrons. The molecule has 0 aliphatic rings. The molecule has 0 saturated carbocycles. The van der Waals surface area contributed by atoms with Crippen molar-refractivity contribution in [3.05, 3.63) is 0 Å². The quantitative estimate of drug-likeness (QED) is 0.669. The minimum atomic E-state index is -0.399. The first kappa shape index (κ1) is 17.2. The summed E-state index contributed by atoms with van der Waals surface area (Å²) < 4.78 is 0. The molecule has 1 nitrogen and oxygen atoms in total. The van der Waals surface area contributed by atoms with Gasteiger partial charge in [0.05, 0.1) is 5.60 Å². The van der Waals surface area contributed by atoms with E-state index in [9.17, 15) is 5.11 Å². The summed E-state index contributed by atoms with van der Waals surface area (Å²) in [5, 5.41) is 9.51. The van der Waals surface area contributed by atoms with Gasteiger partial charge in [0.1, 0.15) is 0 Å². The molecule has 1 heteroatoms. The Morgan fingerprint density at radius 1 is 1.00 bits per heavy atom. The van der Waals surface area contributed by atoms with Gasteiger partial charge in [0.2, 0.25) is 0 Å². The van der Waals surface area contributed by atoms with Crippen LogP contribution in [0.2, 0.25) is 0 Å². The second kappa shape index (κ2) is 8.06. The van der Waals surface area contributed by atoms with E-state index < -0.39 is 5.60 Å². The molecule has 0 aromatic carbocycles. The van der Waals surface area contributed by atoms with E-state index in [1.807, 2.05) is 6.92 Å². The summed E-state index contributed by atoms with van der Waals surface area (Å²) in [6, 6.07) is 0. The van der Waals surface area contributed by atoms with E-state index in [4.69, 9.17) is 0 Å². The first-order valence-corrected chi connectivity index (χ1v) is 3.84. The van der Waals surface area contributed by atoms with Crippen LogP contribution in [0.1, 0.15) is 61.3 Å². The predicted molar refractivity (Wildman–Crippen MR) is 53.9 cm³/mol. The Bertz CT molecular complexity index is 59.3. The van der Waals surface area contributed by atoms with Crippen molar-refractivity contribution in [2.45, 2.75) is 66.9 Å². The van der Waals surface area contributed by atoms with Crippen LogP contribution in [0.15, 0.2) is 0 Å². The summed E-state index contributed by atoms with van der Waals surface area (Å²) in [5.41, 5.74) is -0.399. The molecule has 0 unspecified atom stereocenters. The smallest absolute Gasteiger partial charge is 0.0619 e. The lowest BCUT2D eigenvalue weighted by molar-refractivity contribution is 0.0406. The van der Waals surface area contributed by atoms with Crippen molar-refractivity contribution in [3.63, 3.8) is 0 Å². The molecule has 0 rings (SSSR count). The summed E-state index contributed by atoms with van der Waals surface area (Å²) in [7, 11) is 0. The van der Waals surface area contributed by atoms with E-state index in [2.05, 4.69) is 13.8 Å². The van der Waals surface area contributed by atoms with Crippen molar-refractivity contribution in [1.82, 2.24) is 0 Å². The third-order valence-electron chi connectivity index (χ3n) is 1.58. The molecule has 1 N–H and O–H groups in total. The number of hydrogen-bond donors (Lipinski definition) is 1. The lowest BCUT2D eigenvalue weighted by Gasteiger charge is -2.21. The highest BCUT2D eigenvalue weighted by Gasteiger charge is 2.16. The van der Waals surface area contributed by atoms with Gasteiger partial charge >= 0.3 is 0 Å². The number of aliphatic hydroxyl groups is 1. The summed E-state index contributed by atoms with van der Waals surface area (Å²) in [4.78, 5) is 0. The topological polar surface area (TPSA) is 20.2 Å². The van der Waals surface area contributed by atoms with Crippen LogP contribution < -0.4 is 0 Å². The Morgan fingerprint density at radius 2 is 1.27 bits per heavy atom. The highest BCUT2D eigenvalue weighted by atomic mass is 16.3. The van der Waals surface area contributed by atoms with Crippen molar-refractivity contribution >= 4 is 0 Å². The van der Waals surface area contributed by atoms with Crippen LogP contribution in [0.4, 0.5) is 0 Å². The second-order valence-electron chi connectivity index (χ2n) is 3.00. The maximum absolute atomic E-state index is 9.51. The maximum atomic E-state index is 9.51. The fourth-order valence-corrected chi connectivity index (χ4v) is 1.20. The van der Waals surface area contributed by atoms with Gasteiger partial charge in [0, 0.05) is 0 Å². The Morgan fingerprint density at radius 3 is 1.45 bits per heavy atom. The van der Waals surface area contributed by atoms with E-state index in [1.54, 1.807) is 0 Å². The van der Waals surface area contributed by atoms with Gasteiger partial charge in [-0.1, -0.05) is 41.5 Å². The molecular formula is C10H26O. The summed E-state index contributed by atoms with van der Waals surface area (Å²) in [6.45, 7) is 6.12. The minimum absolute atomic E-state index is 0. The van der Waals surface area contributed by atoms with Crippen LogP contribution >= 0.6 is 0 Å². The Hall–Kier alpha value is -0.0400. The third-order valence-corrected chi connectivity index (χ3v) is 1.58. The molecule has 0 aliphatic heterocycles. The van der Waals surface area contributed by atoms with Crippen LogP contribution in [-0.4, -0.2) is 10.7 Å². The van der Waals surface area contributed by atoms with E-state index in [-0.39, 0.29) is 14.9 Å². The van der Waals surface area contributed by atoms with Gasteiger partial charge in [-0.2, -0.15) is 0 Å². The van der Waals surface area contributed by atoms with Gasteiger partial charge in [-0.05, 0) is 19.8 Å². The molecule has 0 saturated heterocycles. The van der Waals surface area contributed by atoms with E-state index in [0.717, 1.165) is 25.7 Å². The molecule has 0 aromatic heterocycles. The molecule has 0 spiro atoms. The first-order valence-electron chi connectivity index (χ1n) is 3.84. The Balaban J connectivity index is -0.000000320. The van der Waals surface area contributed by atoms with Crippen LogP contribution in [0.25, 0.3) is 0 Å². The largest absolute Gasteiger partial charge is 0.390 e. The van der Waals surface area contributed by atoms with Crippen LogP contribution in [-0.2, 0) is 0 Å². The van der Waals surface area contributed by atoms with Gasteiger partial charge in [-0.25, -0.2) is 0 Å². The molecule has 0 fully saturated rings. The average molecular weight is 162 g/mol. The van der Waals surface area contributed by atoms with Crippen molar-refractivity contribution < 1.29 is 5.11 Å². The lowest BCUT2D eigenvalue weighted by atomic mass is 9.95. The normalized spacial score (nSPS) is 9.82. The van der Waals surface area contributed by atoms with Crippen molar-refractivity contribution in [3.8, 4) is 0 Å². The second-order valence-corrected chi connectivity index (χ2v) is 3.00. The molecular weight excluding hydrogens is 136 g/mol. The van der Waals surface area contributed by atoms with E-state index in [1.165, 1.54) is 0 Å². The fourth-order valence-electron chi connectivity index (χ4n) is 1.20. The highest BCUT2D eigenvalue weighted by Crippen LogP contribution is 2.17. The molecule has 0 bridgehead atoms. The van der Waals surface area contributed by atoms with Gasteiger partial charge in [-0.3, -0.25) is 0 Å². The summed E-state index contributed by atoms with van der Waals surface area (Å²) >= 11 is 0. The fraction of sp³-hybridized carbons (Fsp3) is 1.00. The van der Waals surface area contributed by atoms with Crippen molar-refractivity contribution in [2.75, 3.05) is 0 Å². The Labute approximate surface area is 72.8 Å². The summed E-state index contributed by atoms with van der Waals surface area (Å²) in [6.07, 6.45) is 4.02. The molecule has 0 aliphatic carbocycles. The number of rotatable bonds is 4. The zero-order chi connectivity index (χ0) is 7.33. The van der Waals surface area contributed by atoms with Crippen LogP contribution in [0.5, 0.6) is 0 Å². The molecule has 11 heavy (non-hydrogen) atoms. The lowest BCUT2D eigenvalue weighted by Crippen LogP contribution is -2.22.